The Morgan fingerprint density at radius 3 is 2.74 bits per heavy atom. The molecule has 1 aromatic carbocycles. The maximum Gasteiger partial charge on any atom is 0.254 e. The van der Waals surface area contributed by atoms with Crippen molar-refractivity contribution in [1.29, 1.82) is 0 Å². The van der Waals surface area contributed by atoms with Crippen molar-refractivity contribution < 1.29 is 9.90 Å². The van der Waals surface area contributed by atoms with Gasteiger partial charge >= 0.3 is 0 Å². The molecule has 1 aliphatic heterocycles. The lowest BCUT2D eigenvalue weighted by Crippen LogP contribution is -2.44. The Labute approximate surface area is 122 Å². The number of piperidine rings is 1. The molecule has 1 aliphatic rings. The van der Waals surface area contributed by atoms with Crippen molar-refractivity contribution in [3.8, 4) is 5.75 Å². The fourth-order valence-electron chi connectivity index (χ4n) is 2.66. The first-order chi connectivity index (χ1) is 9.08. The van der Waals surface area contributed by atoms with E-state index in [9.17, 15) is 9.90 Å². The summed E-state index contributed by atoms with van der Waals surface area (Å²) in [7, 11) is 0. The van der Waals surface area contributed by atoms with E-state index in [2.05, 4.69) is 22.9 Å². The zero-order chi connectivity index (χ0) is 13.8. The maximum atomic E-state index is 12.5. The molecular formula is C15H20BrNO2. The number of benzene rings is 1. The van der Waals surface area contributed by atoms with E-state index in [1.807, 2.05) is 4.90 Å². The molecule has 1 saturated heterocycles. The Bertz CT molecular complexity index is 430. The Morgan fingerprint density at radius 1 is 1.42 bits per heavy atom. The topological polar surface area (TPSA) is 40.5 Å². The summed E-state index contributed by atoms with van der Waals surface area (Å²) in [5, 5.41) is 9.29. The van der Waals surface area contributed by atoms with Crippen molar-refractivity contribution >= 4 is 21.8 Å². The summed E-state index contributed by atoms with van der Waals surface area (Å²) in [6.45, 7) is 2.96. The van der Waals surface area contributed by atoms with E-state index in [1.54, 1.807) is 24.3 Å². The Morgan fingerprint density at radius 2 is 2.11 bits per heavy atom. The number of aromatic hydroxyl groups is 1. The quantitative estimate of drug-likeness (QED) is 0.863. The normalized spacial score (nSPS) is 21.2. The molecule has 0 radical (unpaired) electrons. The third kappa shape index (κ3) is 3.72. The number of phenolic OH excluding ortho intramolecular Hbond substituents is 1. The highest BCUT2D eigenvalue weighted by molar-refractivity contribution is 9.09. The molecule has 0 spiro atoms. The van der Waals surface area contributed by atoms with E-state index < -0.39 is 0 Å². The number of likely N-dealkylation sites (tertiary alicyclic amines) is 1. The third-order valence-corrected chi connectivity index (χ3v) is 3.97. The van der Waals surface area contributed by atoms with Crippen LogP contribution in [0.15, 0.2) is 24.3 Å². The van der Waals surface area contributed by atoms with Crippen molar-refractivity contribution in [1.82, 2.24) is 4.90 Å². The van der Waals surface area contributed by atoms with Gasteiger partial charge in [0.15, 0.2) is 0 Å². The van der Waals surface area contributed by atoms with E-state index in [0.29, 0.717) is 16.4 Å². The van der Waals surface area contributed by atoms with Gasteiger partial charge in [0, 0.05) is 23.0 Å². The van der Waals surface area contributed by atoms with Crippen LogP contribution in [0, 0.1) is 0 Å². The number of hydrogen-bond acceptors (Lipinski definition) is 2. The van der Waals surface area contributed by atoms with Crippen LogP contribution >= 0.6 is 15.9 Å². The molecule has 0 bridgehead atoms. The Kier molecular flexibility index (Phi) is 4.86. The number of carbonyl (C=O) groups excluding carboxylic acids is 1. The minimum Gasteiger partial charge on any atom is -0.508 e. The summed E-state index contributed by atoms with van der Waals surface area (Å²) in [5.74, 6) is 0.277. The van der Waals surface area contributed by atoms with Gasteiger partial charge in [-0.3, -0.25) is 4.79 Å². The van der Waals surface area contributed by atoms with Crippen molar-refractivity contribution in [3.05, 3.63) is 29.8 Å². The SMILES string of the molecule is CC(Br)CC1CCCCN1C(=O)c1ccc(O)cc1. The van der Waals surface area contributed by atoms with Crippen LogP contribution < -0.4 is 0 Å². The number of amides is 1. The van der Waals surface area contributed by atoms with Gasteiger partial charge in [-0.15, -0.1) is 0 Å². The summed E-state index contributed by atoms with van der Waals surface area (Å²) < 4.78 is 0. The van der Waals surface area contributed by atoms with Crippen LogP contribution in [0.5, 0.6) is 5.75 Å². The molecule has 1 N–H and O–H groups in total. The lowest BCUT2D eigenvalue weighted by Gasteiger charge is -2.36. The molecule has 0 aliphatic carbocycles. The fraction of sp³-hybridized carbons (Fsp3) is 0.533. The molecule has 2 atom stereocenters. The van der Waals surface area contributed by atoms with Crippen LogP contribution in [0.4, 0.5) is 0 Å². The smallest absolute Gasteiger partial charge is 0.254 e. The highest BCUT2D eigenvalue weighted by atomic mass is 79.9. The van der Waals surface area contributed by atoms with Crippen LogP contribution in [-0.4, -0.2) is 33.3 Å². The number of halogens is 1. The Balaban J connectivity index is 2.12. The van der Waals surface area contributed by atoms with Crippen LogP contribution in [0.1, 0.15) is 43.0 Å². The van der Waals surface area contributed by atoms with Gasteiger partial charge in [0.2, 0.25) is 0 Å². The molecule has 1 amide bonds. The van der Waals surface area contributed by atoms with Gasteiger partial charge in [-0.2, -0.15) is 0 Å². The van der Waals surface area contributed by atoms with Gasteiger partial charge in [0.25, 0.3) is 5.91 Å². The highest BCUT2D eigenvalue weighted by Crippen LogP contribution is 2.25. The maximum absolute atomic E-state index is 12.5. The molecular weight excluding hydrogens is 306 g/mol. The van der Waals surface area contributed by atoms with E-state index in [1.165, 1.54) is 6.42 Å². The van der Waals surface area contributed by atoms with Gasteiger partial charge in [-0.05, 0) is 49.9 Å². The number of alkyl halides is 1. The first-order valence-corrected chi connectivity index (χ1v) is 7.73. The van der Waals surface area contributed by atoms with E-state index in [4.69, 9.17) is 0 Å². The molecule has 104 valence electrons. The summed E-state index contributed by atoms with van der Waals surface area (Å²) in [6, 6.07) is 6.85. The van der Waals surface area contributed by atoms with Gasteiger partial charge < -0.3 is 10.0 Å². The van der Waals surface area contributed by atoms with Crippen LogP contribution in [0.3, 0.4) is 0 Å². The first-order valence-electron chi connectivity index (χ1n) is 6.82. The lowest BCUT2D eigenvalue weighted by molar-refractivity contribution is 0.0603. The number of rotatable bonds is 3. The molecule has 2 rings (SSSR count). The van der Waals surface area contributed by atoms with Gasteiger partial charge in [0.05, 0.1) is 0 Å². The minimum atomic E-state index is 0.0813. The molecule has 1 fully saturated rings. The molecule has 4 heteroatoms. The molecule has 0 saturated carbocycles. The van der Waals surface area contributed by atoms with Gasteiger partial charge in [0.1, 0.15) is 5.75 Å². The number of hydrogen-bond donors (Lipinski definition) is 1. The van der Waals surface area contributed by atoms with Crippen molar-refractivity contribution in [3.63, 3.8) is 0 Å². The number of phenols is 1. The minimum absolute atomic E-state index is 0.0813. The predicted molar refractivity (Wildman–Crippen MR) is 79.8 cm³/mol. The molecule has 2 unspecified atom stereocenters. The van der Waals surface area contributed by atoms with Gasteiger partial charge in [-0.1, -0.05) is 22.9 Å². The fourth-order valence-corrected chi connectivity index (χ4v) is 3.09. The summed E-state index contributed by atoms with van der Waals surface area (Å²) in [4.78, 5) is 14.9. The average Bonchev–Trinajstić information content (AvgIpc) is 2.39. The zero-order valence-electron chi connectivity index (χ0n) is 11.2. The van der Waals surface area contributed by atoms with Crippen molar-refractivity contribution in [2.45, 2.75) is 43.5 Å². The standard InChI is InChI=1S/C15H20BrNO2/c1-11(16)10-13-4-2-3-9-17(13)15(19)12-5-7-14(18)8-6-12/h5-8,11,13,18H,2-4,9-10H2,1H3. The second kappa shape index (κ2) is 6.42. The average molecular weight is 326 g/mol. The molecule has 1 heterocycles. The largest absolute Gasteiger partial charge is 0.508 e. The molecule has 1 aromatic rings. The third-order valence-electron chi connectivity index (χ3n) is 3.60. The van der Waals surface area contributed by atoms with E-state index >= 15 is 0 Å². The molecule has 19 heavy (non-hydrogen) atoms. The van der Waals surface area contributed by atoms with Crippen LogP contribution in [-0.2, 0) is 0 Å². The highest BCUT2D eigenvalue weighted by Gasteiger charge is 2.28. The first kappa shape index (κ1) is 14.4. The lowest BCUT2D eigenvalue weighted by atomic mass is 9.97. The van der Waals surface area contributed by atoms with Crippen LogP contribution in [0.2, 0.25) is 0 Å². The van der Waals surface area contributed by atoms with Crippen molar-refractivity contribution in [2.24, 2.45) is 0 Å². The summed E-state index contributed by atoms with van der Waals surface area (Å²) >= 11 is 3.58. The van der Waals surface area contributed by atoms with E-state index in [-0.39, 0.29) is 11.7 Å². The summed E-state index contributed by atoms with van der Waals surface area (Å²) in [6.07, 6.45) is 4.35. The predicted octanol–water partition coefficient (Wildman–Crippen LogP) is 3.56. The van der Waals surface area contributed by atoms with Gasteiger partial charge in [-0.25, -0.2) is 0 Å². The van der Waals surface area contributed by atoms with E-state index in [0.717, 1.165) is 25.8 Å². The molecule has 0 aromatic heterocycles. The second-order valence-electron chi connectivity index (χ2n) is 5.21. The zero-order valence-corrected chi connectivity index (χ0v) is 12.8. The van der Waals surface area contributed by atoms with Crippen LogP contribution in [0.25, 0.3) is 0 Å². The van der Waals surface area contributed by atoms with Crippen molar-refractivity contribution in [2.75, 3.05) is 6.54 Å². The monoisotopic (exact) mass is 325 g/mol. The Hall–Kier alpha value is -1.03. The number of nitrogens with zero attached hydrogens (tertiary/aromatic N) is 1. The second-order valence-corrected chi connectivity index (χ2v) is 6.77. The summed E-state index contributed by atoms with van der Waals surface area (Å²) in [5.41, 5.74) is 0.659. The number of carbonyl (C=O) groups is 1. The molecule has 3 nitrogen and oxygen atoms in total.